The lowest BCUT2D eigenvalue weighted by Gasteiger charge is -2.26. The van der Waals surface area contributed by atoms with Gasteiger partial charge in [0.1, 0.15) is 22.9 Å². The number of nitrogens with two attached hydrogens (primary N) is 1. The molecule has 7 heteroatoms. The van der Waals surface area contributed by atoms with Crippen molar-refractivity contribution in [2.24, 2.45) is 5.73 Å². The summed E-state index contributed by atoms with van der Waals surface area (Å²) in [5.74, 6) is -0.987. The van der Waals surface area contributed by atoms with Gasteiger partial charge in [-0.05, 0) is 32.9 Å². The van der Waals surface area contributed by atoms with Crippen LogP contribution in [0.5, 0.6) is 0 Å². The van der Waals surface area contributed by atoms with E-state index in [2.05, 4.69) is 0 Å². The van der Waals surface area contributed by atoms with Gasteiger partial charge in [-0.25, -0.2) is 9.59 Å². The summed E-state index contributed by atoms with van der Waals surface area (Å²) in [6.45, 7) is 5.21. The molecule has 124 valence electrons. The Morgan fingerprint density at radius 3 is 2.43 bits per heavy atom. The summed E-state index contributed by atoms with van der Waals surface area (Å²) in [6.07, 6.45) is 0. The number of carbonyl (C=O) groups excluding carboxylic acids is 2. The smallest absolute Gasteiger partial charge is 0.340 e. The van der Waals surface area contributed by atoms with Crippen LogP contribution in [0.4, 0.5) is 0 Å². The van der Waals surface area contributed by atoms with Crippen molar-refractivity contribution in [1.29, 1.82) is 0 Å². The molecule has 0 saturated carbocycles. The molecule has 1 aromatic heterocycles. The average Bonchev–Trinajstić information content (AvgIpc) is 2.92. The standard InChI is InChI=1S/C16H19NO6/c1-5-21-16(19)11-9(3)23-14(17)13(15(18)20-4)12(11)10-7-6-8(2)22-10/h6-7,12H,5,17H2,1-4H3. The predicted molar refractivity (Wildman–Crippen MR) is 79.8 cm³/mol. The number of esters is 2. The van der Waals surface area contributed by atoms with Gasteiger partial charge in [-0.1, -0.05) is 0 Å². The Balaban J connectivity index is 2.61. The second-order valence-corrected chi connectivity index (χ2v) is 4.94. The van der Waals surface area contributed by atoms with E-state index < -0.39 is 17.9 Å². The largest absolute Gasteiger partial charge is 0.465 e. The molecule has 0 amide bonds. The molecule has 2 heterocycles. The first-order valence-electron chi connectivity index (χ1n) is 7.10. The third-order valence-electron chi connectivity index (χ3n) is 3.43. The highest BCUT2D eigenvalue weighted by Gasteiger charge is 2.41. The van der Waals surface area contributed by atoms with Gasteiger partial charge in [0.05, 0.1) is 25.2 Å². The van der Waals surface area contributed by atoms with E-state index in [1.54, 1.807) is 32.9 Å². The SMILES string of the molecule is CCOC(=O)C1=C(C)OC(N)=C(C(=O)OC)C1c1ccc(C)o1. The zero-order valence-corrected chi connectivity index (χ0v) is 13.5. The summed E-state index contributed by atoms with van der Waals surface area (Å²) < 4.78 is 20.8. The van der Waals surface area contributed by atoms with Crippen molar-refractivity contribution in [1.82, 2.24) is 0 Å². The van der Waals surface area contributed by atoms with Gasteiger partial charge in [0.2, 0.25) is 5.88 Å². The Labute approximate surface area is 133 Å². The monoisotopic (exact) mass is 321 g/mol. The van der Waals surface area contributed by atoms with Gasteiger partial charge in [0, 0.05) is 0 Å². The van der Waals surface area contributed by atoms with Crippen LogP contribution in [0.3, 0.4) is 0 Å². The van der Waals surface area contributed by atoms with Crippen LogP contribution in [-0.2, 0) is 23.8 Å². The van der Waals surface area contributed by atoms with Crippen molar-refractivity contribution in [2.75, 3.05) is 13.7 Å². The number of aryl methyl sites for hydroxylation is 1. The number of methoxy groups -OCH3 is 1. The maximum Gasteiger partial charge on any atom is 0.340 e. The lowest BCUT2D eigenvalue weighted by molar-refractivity contribution is -0.139. The molecule has 0 radical (unpaired) electrons. The van der Waals surface area contributed by atoms with Crippen molar-refractivity contribution < 1.29 is 28.2 Å². The Morgan fingerprint density at radius 2 is 1.91 bits per heavy atom. The van der Waals surface area contributed by atoms with E-state index in [1.807, 2.05) is 0 Å². The van der Waals surface area contributed by atoms with Crippen molar-refractivity contribution >= 4 is 11.9 Å². The van der Waals surface area contributed by atoms with Gasteiger partial charge in [-0.3, -0.25) is 0 Å². The Bertz CT molecular complexity index is 697. The second kappa shape index (κ2) is 6.60. The molecule has 0 fully saturated rings. The molecular weight excluding hydrogens is 302 g/mol. The first-order chi connectivity index (χ1) is 10.9. The van der Waals surface area contributed by atoms with E-state index in [4.69, 9.17) is 24.4 Å². The number of rotatable bonds is 4. The van der Waals surface area contributed by atoms with E-state index in [1.165, 1.54) is 7.11 Å². The van der Waals surface area contributed by atoms with Crippen LogP contribution < -0.4 is 5.73 Å². The summed E-state index contributed by atoms with van der Waals surface area (Å²) in [6, 6.07) is 3.40. The fourth-order valence-electron chi connectivity index (χ4n) is 2.46. The summed E-state index contributed by atoms with van der Waals surface area (Å²) in [4.78, 5) is 24.5. The minimum atomic E-state index is -0.844. The number of furan rings is 1. The molecule has 1 unspecified atom stereocenters. The number of hydrogen-bond donors (Lipinski definition) is 1. The van der Waals surface area contributed by atoms with Crippen LogP contribution in [-0.4, -0.2) is 25.7 Å². The summed E-state index contributed by atoms with van der Waals surface area (Å²) >= 11 is 0. The molecule has 2 rings (SSSR count). The van der Waals surface area contributed by atoms with Gasteiger partial charge in [0.25, 0.3) is 0 Å². The van der Waals surface area contributed by atoms with Gasteiger partial charge >= 0.3 is 11.9 Å². The molecule has 0 bridgehead atoms. The number of ether oxygens (including phenoxy) is 3. The Morgan fingerprint density at radius 1 is 1.22 bits per heavy atom. The first kappa shape index (κ1) is 16.7. The fourth-order valence-corrected chi connectivity index (χ4v) is 2.46. The number of allylic oxidation sites excluding steroid dienone is 1. The average molecular weight is 321 g/mol. The van der Waals surface area contributed by atoms with Crippen molar-refractivity contribution in [3.63, 3.8) is 0 Å². The highest BCUT2D eigenvalue weighted by Crippen LogP contribution is 2.40. The quantitative estimate of drug-likeness (QED) is 0.845. The van der Waals surface area contributed by atoms with Crippen LogP contribution in [0.1, 0.15) is 31.3 Å². The van der Waals surface area contributed by atoms with Crippen LogP contribution in [0.25, 0.3) is 0 Å². The molecule has 0 spiro atoms. The molecule has 1 aliphatic rings. The second-order valence-electron chi connectivity index (χ2n) is 4.94. The van der Waals surface area contributed by atoms with E-state index in [9.17, 15) is 9.59 Å². The highest BCUT2D eigenvalue weighted by atomic mass is 16.5. The third kappa shape index (κ3) is 3.08. The minimum absolute atomic E-state index is 0.00973. The lowest BCUT2D eigenvalue weighted by atomic mass is 9.86. The van der Waals surface area contributed by atoms with Crippen molar-refractivity contribution in [2.45, 2.75) is 26.7 Å². The fraction of sp³-hybridized carbons (Fsp3) is 0.375. The molecule has 1 aliphatic heterocycles. The van der Waals surface area contributed by atoms with E-state index >= 15 is 0 Å². The summed E-state index contributed by atoms with van der Waals surface area (Å²) in [5.41, 5.74) is 6.02. The van der Waals surface area contributed by atoms with Gasteiger partial charge in [0.15, 0.2) is 0 Å². The third-order valence-corrected chi connectivity index (χ3v) is 3.43. The van der Waals surface area contributed by atoms with Crippen molar-refractivity contribution in [3.8, 4) is 0 Å². The zero-order valence-electron chi connectivity index (χ0n) is 13.5. The molecule has 2 N–H and O–H groups in total. The maximum atomic E-state index is 12.3. The predicted octanol–water partition coefficient (Wildman–Crippen LogP) is 1.88. The van der Waals surface area contributed by atoms with Crippen LogP contribution in [0, 0.1) is 6.92 Å². The Kier molecular flexibility index (Phi) is 4.78. The first-order valence-corrected chi connectivity index (χ1v) is 7.10. The molecule has 23 heavy (non-hydrogen) atoms. The summed E-state index contributed by atoms with van der Waals surface area (Å²) in [7, 11) is 1.22. The molecule has 1 aromatic rings. The molecule has 0 aliphatic carbocycles. The maximum absolute atomic E-state index is 12.3. The van der Waals surface area contributed by atoms with Crippen LogP contribution in [0.15, 0.2) is 39.3 Å². The zero-order chi connectivity index (χ0) is 17.1. The molecule has 0 aromatic carbocycles. The van der Waals surface area contributed by atoms with Gasteiger partial charge < -0.3 is 24.4 Å². The summed E-state index contributed by atoms with van der Waals surface area (Å²) in [5, 5.41) is 0. The normalized spacial score (nSPS) is 17.8. The number of hydrogen-bond acceptors (Lipinski definition) is 7. The number of carbonyl (C=O) groups is 2. The van der Waals surface area contributed by atoms with E-state index in [0.717, 1.165) is 0 Å². The molecule has 1 atom stereocenters. The van der Waals surface area contributed by atoms with Gasteiger partial charge in [-0.15, -0.1) is 0 Å². The highest BCUT2D eigenvalue weighted by molar-refractivity contribution is 5.99. The van der Waals surface area contributed by atoms with Crippen molar-refractivity contribution in [3.05, 3.63) is 46.4 Å². The van der Waals surface area contributed by atoms with Crippen LogP contribution >= 0.6 is 0 Å². The molecule has 7 nitrogen and oxygen atoms in total. The van der Waals surface area contributed by atoms with E-state index in [-0.39, 0.29) is 29.4 Å². The minimum Gasteiger partial charge on any atom is -0.465 e. The molecule has 0 saturated heterocycles. The topological polar surface area (TPSA) is 101 Å². The van der Waals surface area contributed by atoms with Crippen LogP contribution in [0.2, 0.25) is 0 Å². The van der Waals surface area contributed by atoms with E-state index in [0.29, 0.717) is 11.5 Å². The Hall–Kier alpha value is -2.70. The van der Waals surface area contributed by atoms with Gasteiger partial charge in [-0.2, -0.15) is 0 Å². The molecular formula is C16H19NO6. The lowest BCUT2D eigenvalue weighted by Crippen LogP contribution is -2.29.